The third-order valence-electron chi connectivity index (χ3n) is 4.82. The zero-order valence-electron chi connectivity index (χ0n) is 11.8. The molecule has 0 bridgehead atoms. The molecule has 0 aromatic rings. The molecule has 0 unspecified atom stereocenters. The van der Waals surface area contributed by atoms with Gasteiger partial charge in [-0.25, -0.2) is 0 Å². The fourth-order valence-corrected chi connectivity index (χ4v) is 1.63. The quantitative estimate of drug-likeness (QED) is 0.658. The Morgan fingerprint density at radius 3 is 1.47 bits per heavy atom. The smallest absolute Gasteiger partial charge is 0 e. The Bertz CT molecular complexity index is 209. The minimum atomic E-state index is 0. The monoisotopic (exact) mass is 283 g/mol. The molecular weight excluding hydrogens is 257 g/mol. The summed E-state index contributed by atoms with van der Waals surface area (Å²) >= 11 is 0. The van der Waals surface area contributed by atoms with E-state index in [0.717, 1.165) is 0 Å². The van der Waals surface area contributed by atoms with Crippen LogP contribution in [0.3, 0.4) is 0 Å². The molecule has 0 aliphatic heterocycles. The molecule has 0 saturated carbocycles. The van der Waals surface area contributed by atoms with Crippen molar-refractivity contribution in [2.75, 3.05) is 0 Å². The van der Waals surface area contributed by atoms with Crippen LogP contribution in [0.5, 0.6) is 0 Å². The first-order valence-corrected chi connectivity index (χ1v) is 5.35. The van der Waals surface area contributed by atoms with Crippen molar-refractivity contribution in [1.29, 1.82) is 0 Å². The molecule has 1 radical (unpaired) electrons. The Balaban J connectivity index is 0. The second-order valence-electron chi connectivity index (χ2n) is 6.05. The molecule has 0 heterocycles. The maximum Gasteiger partial charge on any atom is 0 e. The molecule has 0 aromatic carbocycles. The van der Waals surface area contributed by atoms with Gasteiger partial charge in [0, 0.05) is 32.7 Å². The molecule has 0 nitrogen and oxygen atoms in total. The minimum Gasteiger partial charge on any atom is -0.498 e. The van der Waals surface area contributed by atoms with Gasteiger partial charge >= 0.3 is 0 Å². The van der Waals surface area contributed by atoms with Crippen LogP contribution in [0.25, 0.3) is 0 Å². The SMILES string of the molecule is C=[C-]C(C)(C)C(C)(C)C(C)(C)[C-](C)C.[Y]. The van der Waals surface area contributed by atoms with Crippen molar-refractivity contribution < 1.29 is 32.7 Å². The fourth-order valence-electron chi connectivity index (χ4n) is 1.63. The van der Waals surface area contributed by atoms with Crippen molar-refractivity contribution in [3.8, 4) is 0 Å². The molecule has 0 aromatic heterocycles. The standard InChI is InChI=1S/C14H26.Y/c1-10-12(4,5)14(8,9)13(6,7)11(2)3;/h1H2,2-9H3;/q-2;. The Morgan fingerprint density at radius 2 is 1.27 bits per heavy atom. The molecule has 0 aliphatic rings. The van der Waals surface area contributed by atoms with Crippen LogP contribution in [-0.2, 0) is 32.7 Å². The summed E-state index contributed by atoms with van der Waals surface area (Å²) in [7, 11) is 0. The molecule has 0 atom stereocenters. The van der Waals surface area contributed by atoms with Crippen LogP contribution >= 0.6 is 0 Å². The predicted octanol–water partition coefficient (Wildman–Crippen LogP) is 4.67. The first-order valence-electron chi connectivity index (χ1n) is 5.35. The second-order valence-corrected chi connectivity index (χ2v) is 6.05. The van der Waals surface area contributed by atoms with Gasteiger partial charge in [0.25, 0.3) is 0 Å². The summed E-state index contributed by atoms with van der Waals surface area (Å²) < 4.78 is 0. The molecular formula is C14H26Y-2. The molecule has 0 saturated heterocycles. The maximum absolute atomic E-state index is 3.84. The normalized spacial score (nSPS) is 13.7. The van der Waals surface area contributed by atoms with E-state index in [1.54, 1.807) is 0 Å². The van der Waals surface area contributed by atoms with Crippen LogP contribution < -0.4 is 0 Å². The fraction of sp³-hybridized carbons (Fsp3) is 0.786. The van der Waals surface area contributed by atoms with E-state index >= 15 is 0 Å². The molecule has 0 N–H and O–H groups in total. The summed E-state index contributed by atoms with van der Waals surface area (Å²) in [6, 6.07) is 0. The van der Waals surface area contributed by atoms with Crippen LogP contribution in [-0.4, -0.2) is 0 Å². The third-order valence-corrected chi connectivity index (χ3v) is 4.82. The summed E-state index contributed by atoms with van der Waals surface area (Å²) in [6.45, 7) is 21.9. The predicted molar refractivity (Wildman–Crippen MR) is 64.8 cm³/mol. The van der Waals surface area contributed by atoms with Crippen molar-refractivity contribution in [1.82, 2.24) is 0 Å². The van der Waals surface area contributed by atoms with Crippen molar-refractivity contribution in [2.24, 2.45) is 16.2 Å². The van der Waals surface area contributed by atoms with E-state index in [-0.39, 0.29) is 49.0 Å². The number of hydrogen-bond acceptors (Lipinski definition) is 0. The number of allylic oxidation sites excluding steroid dienone is 1. The van der Waals surface area contributed by atoms with Gasteiger partial charge in [-0.05, 0) is 0 Å². The van der Waals surface area contributed by atoms with Gasteiger partial charge in [-0.2, -0.15) is 24.7 Å². The van der Waals surface area contributed by atoms with E-state index in [1.807, 2.05) is 0 Å². The summed E-state index contributed by atoms with van der Waals surface area (Å²) in [6.07, 6.45) is 3.18. The van der Waals surface area contributed by atoms with Gasteiger partial charge in [0.1, 0.15) is 0 Å². The molecule has 0 rings (SSSR count). The van der Waals surface area contributed by atoms with Crippen LogP contribution in [0.1, 0.15) is 55.4 Å². The minimum absolute atomic E-state index is 0. The van der Waals surface area contributed by atoms with Gasteiger partial charge in [0.05, 0.1) is 0 Å². The number of rotatable bonds is 4. The Kier molecular flexibility index (Phi) is 6.62. The second kappa shape index (κ2) is 5.45. The average Bonchev–Trinajstić information content (AvgIpc) is 2.03. The van der Waals surface area contributed by atoms with E-state index in [2.05, 4.69) is 68.0 Å². The molecule has 87 valence electrons. The van der Waals surface area contributed by atoms with Crippen LogP contribution in [0.4, 0.5) is 0 Å². The van der Waals surface area contributed by atoms with Gasteiger partial charge in [-0.15, -0.1) is 0 Å². The molecule has 0 amide bonds. The van der Waals surface area contributed by atoms with E-state index in [9.17, 15) is 0 Å². The van der Waals surface area contributed by atoms with Crippen molar-refractivity contribution in [2.45, 2.75) is 55.4 Å². The van der Waals surface area contributed by atoms with Crippen molar-refractivity contribution in [3.05, 3.63) is 18.6 Å². The topological polar surface area (TPSA) is 0 Å². The zero-order chi connectivity index (χ0) is 11.8. The van der Waals surface area contributed by atoms with Crippen LogP contribution in [0, 0.1) is 28.2 Å². The summed E-state index contributed by atoms with van der Waals surface area (Å²) in [4.78, 5) is 0. The van der Waals surface area contributed by atoms with E-state index in [1.165, 1.54) is 5.92 Å². The largest absolute Gasteiger partial charge is 0.498 e. The summed E-state index contributed by atoms with van der Waals surface area (Å²) in [5, 5.41) is 0. The average molecular weight is 283 g/mol. The molecule has 0 aliphatic carbocycles. The van der Waals surface area contributed by atoms with E-state index in [0.29, 0.717) is 0 Å². The van der Waals surface area contributed by atoms with Gasteiger partial charge in [-0.1, -0.05) is 47.0 Å². The van der Waals surface area contributed by atoms with Crippen LogP contribution in [0.2, 0.25) is 0 Å². The molecule has 15 heavy (non-hydrogen) atoms. The van der Waals surface area contributed by atoms with Crippen LogP contribution in [0.15, 0.2) is 6.58 Å². The molecule has 0 fully saturated rings. The van der Waals surface area contributed by atoms with E-state index in [4.69, 9.17) is 0 Å². The van der Waals surface area contributed by atoms with Gasteiger partial charge < -0.3 is 12.0 Å². The maximum atomic E-state index is 3.84. The van der Waals surface area contributed by atoms with Crippen molar-refractivity contribution >= 4 is 0 Å². The van der Waals surface area contributed by atoms with Gasteiger partial charge in [0.15, 0.2) is 0 Å². The Hall–Kier alpha value is 0.844. The van der Waals surface area contributed by atoms with Gasteiger partial charge in [-0.3, -0.25) is 6.58 Å². The Labute approximate surface area is 122 Å². The van der Waals surface area contributed by atoms with Crippen molar-refractivity contribution in [3.63, 3.8) is 0 Å². The molecule has 0 spiro atoms. The third kappa shape index (κ3) is 3.16. The van der Waals surface area contributed by atoms with Gasteiger partial charge in [0.2, 0.25) is 0 Å². The number of hydrogen-bond donors (Lipinski definition) is 0. The van der Waals surface area contributed by atoms with E-state index < -0.39 is 0 Å². The first-order chi connectivity index (χ1) is 6.00. The molecule has 1 heteroatoms. The summed E-state index contributed by atoms with van der Waals surface area (Å²) in [5.74, 6) is 1.46. The zero-order valence-corrected chi connectivity index (χ0v) is 14.6. The summed E-state index contributed by atoms with van der Waals surface area (Å²) in [5.41, 5.74) is 0.371. The Morgan fingerprint density at radius 1 is 0.933 bits per heavy atom. The first kappa shape index (κ1) is 18.2.